The Morgan fingerprint density at radius 2 is 1.95 bits per heavy atom. The lowest BCUT2D eigenvalue weighted by Crippen LogP contribution is -2.20. The topological polar surface area (TPSA) is 47.3 Å². The van der Waals surface area contributed by atoms with Crippen LogP contribution in [-0.4, -0.2) is 13.7 Å². The van der Waals surface area contributed by atoms with Crippen molar-refractivity contribution in [2.24, 2.45) is 5.73 Å². The van der Waals surface area contributed by atoms with Gasteiger partial charge in [-0.25, -0.2) is 4.39 Å². The molecule has 0 aliphatic rings. The highest BCUT2D eigenvalue weighted by molar-refractivity contribution is 9.10. The lowest BCUT2D eigenvalue weighted by atomic mass is 10.1. The number of hydrogen-bond donors (Lipinski definition) is 2. The SMILES string of the molecule is COc1ccc(C(CN)Nc2ccc(F)c(Br)c2)cc1. The minimum absolute atomic E-state index is 0.0433. The number of nitrogens with one attached hydrogen (secondary N) is 1. The molecule has 0 saturated heterocycles. The van der Waals surface area contributed by atoms with Crippen molar-refractivity contribution in [2.45, 2.75) is 6.04 Å². The van der Waals surface area contributed by atoms with E-state index in [1.807, 2.05) is 24.3 Å². The van der Waals surface area contributed by atoms with Crippen molar-refractivity contribution in [1.82, 2.24) is 0 Å². The Balaban J connectivity index is 2.16. The summed E-state index contributed by atoms with van der Waals surface area (Å²) in [5, 5.41) is 3.29. The fourth-order valence-corrected chi connectivity index (χ4v) is 2.28. The predicted molar refractivity (Wildman–Crippen MR) is 82.5 cm³/mol. The summed E-state index contributed by atoms with van der Waals surface area (Å²) >= 11 is 3.17. The van der Waals surface area contributed by atoms with Gasteiger partial charge in [0.1, 0.15) is 11.6 Å². The van der Waals surface area contributed by atoms with Crippen LogP contribution in [0.15, 0.2) is 46.9 Å². The van der Waals surface area contributed by atoms with Crippen LogP contribution in [0.4, 0.5) is 10.1 Å². The van der Waals surface area contributed by atoms with Gasteiger partial charge in [0, 0.05) is 12.2 Å². The second-order valence-electron chi connectivity index (χ2n) is 4.33. The van der Waals surface area contributed by atoms with E-state index < -0.39 is 0 Å². The molecular formula is C15H16BrFN2O. The molecule has 0 aliphatic carbocycles. The zero-order valence-electron chi connectivity index (χ0n) is 11.1. The third kappa shape index (κ3) is 3.49. The molecule has 0 amide bonds. The molecule has 0 saturated carbocycles. The first-order valence-corrected chi connectivity index (χ1v) is 6.99. The van der Waals surface area contributed by atoms with Crippen LogP contribution in [0.2, 0.25) is 0 Å². The minimum atomic E-state index is -0.288. The molecule has 1 unspecified atom stereocenters. The standard InChI is InChI=1S/C15H16BrFN2O/c1-20-12-5-2-10(3-6-12)15(9-18)19-11-4-7-14(17)13(16)8-11/h2-8,15,19H,9,18H2,1H3. The molecule has 0 aromatic heterocycles. The average Bonchev–Trinajstić information content (AvgIpc) is 2.48. The molecule has 0 spiro atoms. The van der Waals surface area contributed by atoms with E-state index in [4.69, 9.17) is 10.5 Å². The van der Waals surface area contributed by atoms with E-state index in [1.165, 1.54) is 6.07 Å². The molecule has 2 rings (SSSR count). The highest BCUT2D eigenvalue weighted by Crippen LogP contribution is 2.24. The van der Waals surface area contributed by atoms with Crippen LogP contribution in [0.3, 0.4) is 0 Å². The van der Waals surface area contributed by atoms with Crippen molar-refractivity contribution < 1.29 is 9.13 Å². The molecule has 0 heterocycles. The van der Waals surface area contributed by atoms with Gasteiger partial charge in [-0.1, -0.05) is 12.1 Å². The first kappa shape index (κ1) is 14.8. The van der Waals surface area contributed by atoms with Crippen molar-refractivity contribution >= 4 is 21.6 Å². The van der Waals surface area contributed by atoms with Crippen LogP contribution in [0, 0.1) is 5.82 Å². The van der Waals surface area contributed by atoms with Gasteiger partial charge in [0.2, 0.25) is 0 Å². The molecular weight excluding hydrogens is 323 g/mol. The number of rotatable bonds is 5. The van der Waals surface area contributed by atoms with Gasteiger partial charge in [-0.05, 0) is 51.8 Å². The summed E-state index contributed by atoms with van der Waals surface area (Å²) in [5.41, 5.74) is 7.67. The molecule has 20 heavy (non-hydrogen) atoms. The third-order valence-electron chi connectivity index (χ3n) is 3.01. The van der Waals surface area contributed by atoms with E-state index in [1.54, 1.807) is 19.2 Å². The number of halogens is 2. The Hall–Kier alpha value is -1.59. The first-order chi connectivity index (χ1) is 9.63. The summed E-state index contributed by atoms with van der Waals surface area (Å²) in [4.78, 5) is 0. The van der Waals surface area contributed by atoms with Gasteiger partial charge in [-0.3, -0.25) is 0 Å². The van der Waals surface area contributed by atoms with E-state index in [0.717, 1.165) is 17.0 Å². The third-order valence-corrected chi connectivity index (χ3v) is 3.62. The van der Waals surface area contributed by atoms with E-state index in [9.17, 15) is 4.39 Å². The summed E-state index contributed by atoms with van der Waals surface area (Å²) in [6.45, 7) is 0.432. The molecule has 1 atom stereocenters. The summed E-state index contributed by atoms with van der Waals surface area (Å²) in [5.74, 6) is 0.512. The predicted octanol–water partition coefficient (Wildman–Crippen LogP) is 3.71. The quantitative estimate of drug-likeness (QED) is 0.873. The largest absolute Gasteiger partial charge is 0.497 e. The number of ether oxygens (including phenoxy) is 1. The molecule has 2 aromatic rings. The number of anilines is 1. The van der Waals surface area contributed by atoms with Crippen LogP contribution in [0.25, 0.3) is 0 Å². The van der Waals surface area contributed by atoms with Crippen molar-refractivity contribution in [3.05, 3.63) is 58.3 Å². The molecule has 0 bridgehead atoms. The first-order valence-electron chi connectivity index (χ1n) is 6.19. The van der Waals surface area contributed by atoms with E-state index in [0.29, 0.717) is 11.0 Å². The maximum Gasteiger partial charge on any atom is 0.137 e. The molecule has 0 radical (unpaired) electrons. The summed E-state index contributed by atoms with van der Waals surface area (Å²) in [6, 6.07) is 12.4. The normalized spacial score (nSPS) is 12.0. The molecule has 0 fully saturated rings. The Morgan fingerprint density at radius 3 is 2.50 bits per heavy atom. The van der Waals surface area contributed by atoms with Crippen molar-refractivity contribution in [1.29, 1.82) is 0 Å². The van der Waals surface area contributed by atoms with Crippen LogP contribution >= 0.6 is 15.9 Å². The van der Waals surface area contributed by atoms with Gasteiger partial charge in [-0.2, -0.15) is 0 Å². The van der Waals surface area contributed by atoms with Crippen LogP contribution in [0.1, 0.15) is 11.6 Å². The minimum Gasteiger partial charge on any atom is -0.497 e. The maximum absolute atomic E-state index is 13.2. The summed E-state index contributed by atoms with van der Waals surface area (Å²) in [7, 11) is 1.63. The number of hydrogen-bond acceptors (Lipinski definition) is 3. The van der Waals surface area contributed by atoms with Crippen LogP contribution in [0.5, 0.6) is 5.75 Å². The van der Waals surface area contributed by atoms with E-state index in [2.05, 4.69) is 21.2 Å². The van der Waals surface area contributed by atoms with Gasteiger partial charge in [-0.15, -0.1) is 0 Å². The fraction of sp³-hybridized carbons (Fsp3) is 0.200. The zero-order valence-corrected chi connectivity index (χ0v) is 12.7. The van der Waals surface area contributed by atoms with Gasteiger partial charge < -0.3 is 15.8 Å². The monoisotopic (exact) mass is 338 g/mol. The Labute approximate surface area is 126 Å². The van der Waals surface area contributed by atoms with Gasteiger partial charge >= 0.3 is 0 Å². The summed E-state index contributed by atoms with van der Waals surface area (Å²) in [6.07, 6.45) is 0. The molecule has 2 aromatic carbocycles. The fourth-order valence-electron chi connectivity index (χ4n) is 1.90. The van der Waals surface area contributed by atoms with Crippen LogP contribution < -0.4 is 15.8 Å². The van der Waals surface area contributed by atoms with Gasteiger partial charge in [0.05, 0.1) is 17.6 Å². The number of nitrogens with two attached hydrogens (primary N) is 1. The Bertz CT molecular complexity index is 575. The summed E-state index contributed by atoms with van der Waals surface area (Å²) < 4.78 is 18.8. The highest BCUT2D eigenvalue weighted by atomic mass is 79.9. The van der Waals surface area contributed by atoms with E-state index in [-0.39, 0.29) is 11.9 Å². The maximum atomic E-state index is 13.2. The van der Waals surface area contributed by atoms with E-state index >= 15 is 0 Å². The van der Waals surface area contributed by atoms with Gasteiger partial charge in [0.25, 0.3) is 0 Å². The number of benzene rings is 2. The van der Waals surface area contributed by atoms with Crippen LogP contribution in [-0.2, 0) is 0 Å². The molecule has 3 nitrogen and oxygen atoms in total. The molecule has 0 aliphatic heterocycles. The smallest absolute Gasteiger partial charge is 0.137 e. The van der Waals surface area contributed by atoms with Crippen molar-refractivity contribution in [3.8, 4) is 5.75 Å². The lowest BCUT2D eigenvalue weighted by molar-refractivity contribution is 0.414. The lowest BCUT2D eigenvalue weighted by Gasteiger charge is -2.19. The van der Waals surface area contributed by atoms with Crippen molar-refractivity contribution in [2.75, 3.05) is 19.0 Å². The molecule has 106 valence electrons. The molecule has 5 heteroatoms. The zero-order chi connectivity index (χ0) is 14.5. The second kappa shape index (κ2) is 6.72. The second-order valence-corrected chi connectivity index (χ2v) is 5.19. The molecule has 3 N–H and O–H groups in total. The average molecular weight is 339 g/mol. The highest BCUT2D eigenvalue weighted by Gasteiger charge is 2.10. The Morgan fingerprint density at radius 1 is 1.25 bits per heavy atom. The Kier molecular flexibility index (Phi) is 4.98. The van der Waals surface area contributed by atoms with Crippen molar-refractivity contribution in [3.63, 3.8) is 0 Å². The number of methoxy groups -OCH3 is 1. The van der Waals surface area contributed by atoms with Gasteiger partial charge in [0.15, 0.2) is 0 Å².